The third-order valence-electron chi connectivity index (χ3n) is 4.87. The van der Waals surface area contributed by atoms with Crippen molar-refractivity contribution in [2.24, 2.45) is 5.92 Å². The van der Waals surface area contributed by atoms with Crippen molar-refractivity contribution in [3.8, 4) is 5.69 Å². The van der Waals surface area contributed by atoms with Crippen LogP contribution in [-0.4, -0.2) is 20.7 Å². The Kier molecular flexibility index (Phi) is 4.47. The highest BCUT2D eigenvalue weighted by molar-refractivity contribution is 6.31. The molecule has 1 amide bonds. The molecule has 2 aromatic carbocycles. The summed E-state index contributed by atoms with van der Waals surface area (Å²) < 4.78 is 1.70. The Labute approximate surface area is 157 Å². The minimum Gasteiger partial charge on any atom is -0.349 e. The van der Waals surface area contributed by atoms with Crippen LogP contribution in [0, 0.1) is 5.92 Å². The molecule has 0 spiro atoms. The topological polar surface area (TPSA) is 59.8 Å². The van der Waals surface area contributed by atoms with Gasteiger partial charge in [0.15, 0.2) is 0 Å². The molecule has 1 fully saturated rings. The molecule has 3 aromatic rings. The van der Waals surface area contributed by atoms with Gasteiger partial charge in [-0.25, -0.2) is 9.67 Å². The quantitative estimate of drug-likeness (QED) is 0.745. The number of benzene rings is 2. The summed E-state index contributed by atoms with van der Waals surface area (Å²) in [5.74, 6) is 0.320. The maximum atomic E-state index is 12.6. The van der Waals surface area contributed by atoms with E-state index in [1.807, 2.05) is 55.5 Å². The molecule has 1 saturated carbocycles. The molecule has 0 saturated heterocycles. The van der Waals surface area contributed by atoms with Gasteiger partial charge < -0.3 is 5.32 Å². The molecule has 0 radical (unpaired) electrons. The van der Waals surface area contributed by atoms with Gasteiger partial charge in [-0.2, -0.15) is 5.10 Å². The van der Waals surface area contributed by atoms with Crippen LogP contribution in [0.5, 0.6) is 0 Å². The van der Waals surface area contributed by atoms with Gasteiger partial charge in [-0.3, -0.25) is 4.79 Å². The average molecular weight is 367 g/mol. The zero-order chi connectivity index (χ0) is 18.1. The van der Waals surface area contributed by atoms with Crippen molar-refractivity contribution < 1.29 is 4.79 Å². The Balaban J connectivity index is 1.38. The second-order valence-electron chi connectivity index (χ2n) is 6.63. The van der Waals surface area contributed by atoms with Crippen LogP contribution in [0.1, 0.15) is 36.4 Å². The van der Waals surface area contributed by atoms with E-state index in [-0.39, 0.29) is 23.8 Å². The van der Waals surface area contributed by atoms with E-state index in [1.54, 1.807) is 11.0 Å². The molecule has 1 aromatic heterocycles. The smallest absolute Gasteiger partial charge is 0.224 e. The average Bonchev–Trinajstić information content (AvgIpc) is 3.26. The van der Waals surface area contributed by atoms with Gasteiger partial charge in [0.25, 0.3) is 0 Å². The van der Waals surface area contributed by atoms with Crippen molar-refractivity contribution in [3.63, 3.8) is 0 Å². The van der Waals surface area contributed by atoms with E-state index >= 15 is 0 Å². The molecule has 0 bridgehead atoms. The summed E-state index contributed by atoms with van der Waals surface area (Å²) in [5.41, 5.74) is 3.06. The lowest BCUT2D eigenvalue weighted by Gasteiger charge is -2.15. The summed E-state index contributed by atoms with van der Waals surface area (Å²) in [6.45, 7) is 2.00. The molecule has 0 unspecified atom stereocenters. The molecule has 4 rings (SSSR count). The van der Waals surface area contributed by atoms with Crippen molar-refractivity contribution in [1.29, 1.82) is 0 Å². The third-order valence-corrected chi connectivity index (χ3v) is 5.21. The van der Waals surface area contributed by atoms with E-state index in [9.17, 15) is 4.79 Å². The lowest BCUT2D eigenvalue weighted by Crippen LogP contribution is -2.28. The Morgan fingerprint density at radius 3 is 2.69 bits per heavy atom. The Morgan fingerprint density at radius 1 is 1.23 bits per heavy atom. The lowest BCUT2D eigenvalue weighted by molar-refractivity contribution is -0.123. The number of hydrogen-bond donors (Lipinski definition) is 1. The molecule has 6 heteroatoms. The number of aromatic nitrogens is 3. The minimum atomic E-state index is -0.0557. The van der Waals surface area contributed by atoms with Crippen LogP contribution in [0.3, 0.4) is 0 Å². The van der Waals surface area contributed by atoms with Crippen molar-refractivity contribution in [3.05, 3.63) is 77.3 Å². The first-order chi connectivity index (χ1) is 12.6. The number of nitrogens with zero attached hydrogens (tertiary/aromatic N) is 3. The molecule has 132 valence electrons. The van der Waals surface area contributed by atoms with Gasteiger partial charge in [-0.05, 0) is 48.6 Å². The number of hydrogen-bond acceptors (Lipinski definition) is 3. The van der Waals surface area contributed by atoms with Gasteiger partial charge in [0.2, 0.25) is 5.91 Å². The molecule has 26 heavy (non-hydrogen) atoms. The third kappa shape index (κ3) is 3.35. The van der Waals surface area contributed by atoms with Gasteiger partial charge in [0.1, 0.15) is 12.7 Å². The van der Waals surface area contributed by atoms with E-state index in [0.29, 0.717) is 0 Å². The van der Waals surface area contributed by atoms with Gasteiger partial charge in [-0.15, -0.1) is 0 Å². The van der Waals surface area contributed by atoms with Crippen LogP contribution in [0.25, 0.3) is 5.69 Å². The second kappa shape index (κ2) is 6.92. The molecule has 1 N–H and O–H groups in total. The first kappa shape index (κ1) is 16.8. The summed E-state index contributed by atoms with van der Waals surface area (Å²) in [7, 11) is 0. The zero-order valence-electron chi connectivity index (χ0n) is 14.3. The normalized spacial score (nSPS) is 19.8. The molecule has 1 heterocycles. The zero-order valence-corrected chi connectivity index (χ0v) is 15.1. The van der Waals surface area contributed by atoms with Crippen molar-refractivity contribution in [2.45, 2.75) is 25.3 Å². The van der Waals surface area contributed by atoms with Gasteiger partial charge in [0.05, 0.1) is 11.7 Å². The number of halogens is 1. The molecule has 5 nitrogen and oxygen atoms in total. The SMILES string of the molecule is C[C@H](NC(=O)[C@@H]1C[C@@H]1c1ccccc1Cl)c1ccc(-n2cncn2)cc1. The summed E-state index contributed by atoms with van der Waals surface area (Å²) in [5, 5.41) is 7.97. The van der Waals surface area contributed by atoms with E-state index in [0.717, 1.165) is 28.3 Å². The Hall–Kier alpha value is -2.66. The van der Waals surface area contributed by atoms with E-state index in [2.05, 4.69) is 15.4 Å². The first-order valence-electron chi connectivity index (χ1n) is 8.63. The lowest BCUT2D eigenvalue weighted by atomic mass is 10.1. The largest absolute Gasteiger partial charge is 0.349 e. The van der Waals surface area contributed by atoms with Crippen LogP contribution in [0.15, 0.2) is 61.2 Å². The van der Waals surface area contributed by atoms with Crippen LogP contribution < -0.4 is 5.32 Å². The number of nitrogens with one attached hydrogen (secondary N) is 1. The van der Waals surface area contributed by atoms with Crippen LogP contribution in [-0.2, 0) is 4.79 Å². The highest BCUT2D eigenvalue weighted by Crippen LogP contribution is 2.49. The predicted molar refractivity (Wildman–Crippen MR) is 100 cm³/mol. The summed E-state index contributed by atoms with van der Waals surface area (Å²) in [6.07, 6.45) is 4.01. The van der Waals surface area contributed by atoms with Crippen molar-refractivity contribution in [2.75, 3.05) is 0 Å². The van der Waals surface area contributed by atoms with E-state index in [4.69, 9.17) is 11.6 Å². The molecular weight excluding hydrogens is 348 g/mol. The fraction of sp³-hybridized carbons (Fsp3) is 0.250. The summed E-state index contributed by atoms with van der Waals surface area (Å²) >= 11 is 6.24. The number of carbonyl (C=O) groups is 1. The standard InChI is InChI=1S/C20H19ClN4O/c1-13(14-6-8-15(9-7-14)25-12-22-11-23-25)24-20(26)18-10-17(18)16-4-2-3-5-19(16)21/h2-9,11-13,17-18H,10H2,1H3,(H,24,26)/t13-,17+,18+/m0/s1. The van der Waals surface area contributed by atoms with E-state index in [1.165, 1.54) is 6.33 Å². The van der Waals surface area contributed by atoms with Crippen LogP contribution in [0.2, 0.25) is 5.02 Å². The maximum Gasteiger partial charge on any atom is 0.224 e. The molecule has 1 aliphatic rings. The van der Waals surface area contributed by atoms with Crippen LogP contribution >= 0.6 is 11.6 Å². The first-order valence-corrected chi connectivity index (χ1v) is 9.01. The van der Waals surface area contributed by atoms with Crippen molar-refractivity contribution >= 4 is 17.5 Å². The number of rotatable bonds is 5. The molecule has 1 aliphatic carbocycles. The van der Waals surface area contributed by atoms with Gasteiger partial charge in [-0.1, -0.05) is 41.9 Å². The molecular formula is C20H19ClN4O. The maximum absolute atomic E-state index is 12.6. The van der Waals surface area contributed by atoms with E-state index < -0.39 is 0 Å². The molecule has 3 atom stereocenters. The Bertz CT molecular complexity index is 908. The predicted octanol–water partition coefficient (Wildman–Crippen LogP) is 3.90. The van der Waals surface area contributed by atoms with Gasteiger partial charge >= 0.3 is 0 Å². The minimum absolute atomic E-state index is 0.00627. The summed E-state index contributed by atoms with van der Waals surface area (Å²) in [6, 6.07) is 15.6. The highest BCUT2D eigenvalue weighted by atomic mass is 35.5. The number of carbonyl (C=O) groups excluding carboxylic acids is 1. The highest BCUT2D eigenvalue weighted by Gasteiger charge is 2.45. The van der Waals surface area contributed by atoms with Gasteiger partial charge in [0, 0.05) is 10.9 Å². The monoisotopic (exact) mass is 366 g/mol. The number of amides is 1. The summed E-state index contributed by atoms with van der Waals surface area (Å²) in [4.78, 5) is 16.5. The Morgan fingerprint density at radius 2 is 2.00 bits per heavy atom. The van der Waals surface area contributed by atoms with Crippen molar-refractivity contribution in [1.82, 2.24) is 20.1 Å². The molecule has 0 aliphatic heterocycles. The fourth-order valence-corrected chi connectivity index (χ4v) is 3.54. The fourth-order valence-electron chi connectivity index (χ4n) is 3.27. The van der Waals surface area contributed by atoms with Crippen LogP contribution in [0.4, 0.5) is 0 Å². The second-order valence-corrected chi connectivity index (χ2v) is 7.04.